The van der Waals surface area contributed by atoms with Crippen LogP contribution in [0.15, 0.2) is 67.0 Å². The molecule has 10 heteroatoms. The first-order chi connectivity index (χ1) is 15.2. The fraction of sp³-hybridized carbons (Fsp3) is 0.182. The number of carbonyl (C=O) groups is 2. The molecule has 0 fully saturated rings. The number of carbonyl (C=O) groups excluding carboxylic acids is 2. The lowest BCUT2D eigenvalue weighted by molar-refractivity contribution is -0.137. The van der Waals surface area contributed by atoms with Crippen LogP contribution >= 0.6 is 0 Å². The van der Waals surface area contributed by atoms with Gasteiger partial charge in [-0.25, -0.2) is 0 Å². The summed E-state index contributed by atoms with van der Waals surface area (Å²) in [5.41, 5.74) is 0.108. The van der Waals surface area contributed by atoms with Gasteiger partial charge in [-0.1, -0.05) is 12.1 Å². The Morgan fingerprint density at radius 3 is 2.28 bits per heavy atom. The van der Waals surface area contributed by atoms with Crippen molar-refractivity contribution in [1.82, 2.24) is 15.2 Å². The van der Waals surface area contributed by atoms with E-state index in [1.807, 2.05) is 0 Å². The molecule has 0 bridgehead atoms. The fourth-order valence-corrected chi connectivity index (χ4v) is 2.93. The molecule has 4 N–H and O–H groups in total. The van der Waals surface area contributed by atoms with Crippen molar-refractivity contribution in [1.29, 1.82) is 0 Å². The molecular formula is C22H20F3N3O4. The first-order valence-corrected chi connectivity index (χ1v) is 9.51. The zero-order chi connectivity index (χ0) is 23.3. The topological polar surface area (TPSA) is 104 Å². The molecule has 1 atom stereocenters. The van der Waals surface area contributed by atoms with Gasteiger partial charge in [0.05, 0.1) is 17.7 Å². The molecule has 0 spiro atoms. The monoisotopic (exact) mass is 447 g/mol. The lowest BCUT2D eigenvalue weighted by Gasteiger charge is -2.17. The average Bonchev–Trinajstić information content (AvgIpc) is 3.30. The van der Waals surface area contributed by atoms with E-state index in [1.165, 1.54) is 24.3 Å². The van der Waals surface area contributed by atoms with Gasteiger partial charge in [-0.2, -0.15) is 13.2 Å². The fourth-order valence-electron chi connectivity index (χ4n) is 2.93. The molecule has 1 unspecified atom stereocenters. The summed E-state index contributed by atoms with van der Waals surface area (Å²) < 4.78 is 39.6. The number of aliphatic hydroxyl groups is 1. The van der Waals surface area contributed by atoms with Crippen molar-refractivity contribution >= 4 is 11.8 Å². The van der Waals surface area contributed by atoms with E-state index < -0.39 is 36.2 Å². The molecule has 7 nitrogen and oxygen atoms in total. The molecule has 0 saturated heterocycles. The largest absolute Gasteiger partial charge is 0.507 e. The average molecular weight is 447 g/mol. The van der Waals surface area contributed by atoms with E-state index in [0.717, 1.165) is 12.1 Å². The maximum Gasteiger partial charge on any atom is 0.416 e. The Balaban J connectivity index is 1.64. The number of aliphatic hydroxyl groups excluding tert-OH is 1. The quantitative estimate of drug-likeness (QED) is 0.447. The maximum atomic E-state index is 12.6. The van der Waals surface area contributed by atoms with E-state index in [9.17, 15) is 33.0 Å². The van der Waals surface area contributed by atoms with E-state index >= 15 is 0 Å². The third-order valence-electron chi connectivity index (χ3n) is 4.68. The number of hydrogen-bond acceptors (Lipinski definition) is 4. The summed E-state index contributed by atoms with van der Waals surface area (Å²) in [6, 6.07) is 10.9. The number of aromatic nitrogens is 1. The van der Waals surface area contributed by atoms with Gasteiger partial charge < -0.3 is 25.4 Å². The predicted octanol–water partition coefficient (Wildman–Crippen LogP) is 2.61. The number of nitrogens with one attached hydrogen (secondary N) is 2. The van der Waals surface area contributed by atoms with Gasteiger partial charge in [0.1, 0.15) is 11.8 Å². The normalized spacial score (nSPS) is 12.2. The van der Waals surface area contributed by atoms with Gasteiger partial charge in [0.15, 0.2) is 0 Å². The second kappa shape index (κ2) is 9.56. The number of aromatic hydroxyl groups is 1. The zero-order valence-corrected chi connectivity index (χ0v) is 16.6. The Morgan fingerprint density at radius 2 is 1.69 bits per heavy atom. The van der Waals surface area contributed by atoms with Crippen LogP contribution in [0, 0.1) is 0 Å². The molecule has 0 aliphatic carbocycles. The van der Waals surface area contributed by atoms with Crippen molar-refractivity contribution in [3.05, 3.63) is 83.7 Å². The first kappa shape index (κ1) is 22.9. The number of halogens is 3. The van der Waals surface area contributed by atoms with Crippen LogP contribution in [0.1, 0.15) is 21.5 Å². The molecule has 0 saturated carbocycles. The first-order valence-electron chi connectivity index (χ1n) is 9.51. The smallest absolute Gasteiger partial charge is 0.416 e. The minimum absolute atomic E-state index is 0.0924. The van der Waals surface area contributed by atoms with Crippen molar-refractivity contribution in [2.24, 2.45) is 0 Å². The second-order valence-corrected chi connectivity index (χ2v) is 6.91. The van der Waals surface area contributed by atoms with Crippen molar-refractivity contribution in [2.75, 3.05) is 6.61 Å². The van der Waals surface area contributed by atoms with E-state index in [0.29, 0.717) is 11.3 Å². The highest BCUT2D eigenvalue weighted by Crippen LogP contribution is 2.29. The van der Waals surface area contributed by atoms with E-state index in [-0.39, 0.29) is 17.9 Å². The summed E-state index contributed by atoms with van der Waals surface area (Å²) in [5, 5.41) is 24.4. The third-order valence-corrected chi connectivity index (χ3v) is 4.68. The van der Waals surface area contributed by atoms with Crippen LogP contribution < -0.4 is 10.6 Å². The number of amides is 2. The van der Waals surface area contributed by atoms with E-state index in [4.69, 9.17) is 0 Å². The minimum Gasteiger partial charge on any atom is -0.507 e. The molecule has 0 aliphatic heterocycles. The maximum absolute atomic E-state index is 12.6. The van der Waals surface area contributed by atoms with Crippen molar-refractivity contribution in [3.8, 4) is 11.4 Å². The standard InChI is InChI=1S/C22H20F3N3O4/c23-22(24,25)15-5-3-14(4-6-15)12-26-21(32)18(13-29)27-20(31)17-11-16(7-8-19(17)30)28-9-1-2-10-28/h1-11,18,29-30H,12-13H2,(H,26,32)(H,27,31). The second-order valence-electron chi connectivity index (χ2n) is 6.91. The van der Waals surface area contributed by atoms with Crippen LogP contribution in [0.5, 0.6) is 5.75 Å². The van der Waals surface area contributed by atoms with Gasteiger partial charge in [-0.3, -0.25) is 9.59 Å². The molecule has 2 aromatic carbocycles. The van der Waals surface area contributed by atoms with Gasteiger partial charge in [-0.15, -0.1) is 0 Å². The summed E-state index contributed by atoms with van der Waals surface area (Å²) in [7, 11) is 0. The Hall–Kier alpha value is -3.79. The molecule has 0 aliphatic rings. The van der Waals surface area contributed by atoms with Gasteiger partial charge in [0.2, 0.25) is 5.91 Å². The predicted molar refractivity (Wildman–Crippen MR) is 109 cm³/mol. The SMILES string of the molecule is O=C(NC(CO)C(=O)NCc1ccc(C(F)(F)F)cc1)c1cc(-n2cccc2)ccc1O. The van der Waals surface area contributed by atoms with Crippen LogP contribution in [-0.4, -0.2) is 39.2 Å². The van der Waals surface area contributed by atoms with Gasteiger partial charge >= 0.3 is 6.18 Å². The van der Waals surface area contributed by atoms with Gasteiger partial charge in [0.25, 0.3) is 5.91 Å². The highest BCUT2D eigenvalue weighted by molar-refractivity contribution is 6.00. The van der Waals surface area contributed by atoms with E-state index in [2.05, 4.69) is 10.6 Å². The highest BCUT2D eigenvalue weighted by atomic mass is 19.4. The van der Waals surface area contributed by atoms with Gasteiger partial charge in [0, 0.05) is 24.6 Å². The number of benzene rings is 2. The number of alkyl halides is 3. The molecule has 2 amide bonds. The summed E-state index contributed by atoms with van der Waals surface area (Å²) in [5.74, 6) is -1.82. The Bertz CT molecular complexity index is 1080. The molecule has 3 rings (SSSR count). The Morgan fingerprint density at radius 1 is 1.03 bits per heavy atom. The Kier molecular flexibility index (Phi) is 6.84. The molecule has 168 valence electrons. The van der Waals surface area contributed by atoms with Crippen LogP contribution in [-0.2, 0) is 17.5 Å². The molecule has 0 radical (unpaired) electrons. The molecule has 32 heavy (non-hydrogen) atoms. The molecular weight excluding hydrogens is 427 g/mol. The minimum atomic E-state index is -4.46. The van der Waals surface area contributed by atoms with Crippen LogP contribution in [0.25, 0.3) is 5.69 Å². The van der Waals surface area contributed by atoms with Crippen LogP contribution in [0.3, 0.4) is 0 Å². The van der Waals surface area contributed by atoms with Crippen molar-refractivity contribution in [2.45, 2.75) is 18.8 Å². The summed E-state index contributed by atoms with van der Waals surface area (Å²) in [4.78, 5) is 24.9. The van der Waals surface area contributed by atoms with E-state index in [1.54, 1.807) is 35.2 Å². The zero-order valence-electron chi connectivity index (χ0n) is 16.6. The molecule has 3 aromatic rings. The third kappa shape index (κ3) is 5.46. The number of phenols is 1. The molecule has 1 aromatic heterocycles. The lowest BCUT2D eigenvalue weighted by atomic mass is 10.1. The summed E-state index contributed by atoms with van der Waals surface area (Å²) in [6.07, 6.45) is -0.961. The number of rotatable bonds is 7. The lowest BCUT2D eigenvalue weighted by Crippen LogP contribution is -2.48. The highest BCUT2D eigenvalue weighted by Gasteiger charge is 2.30. The van der Waals surface area contributed by atoms with Crippen LogP contribution in [0.4, 0.5) is 13.2 Å². The number of nitrogens with zero attached hydrogens (tertiary/aromatic N) is 1. The summed E-state index contributed by atoms with van der Waals surface area (Å²) >= 11 is 0. The summed E-state index contributed by atoms with van der Waals surface area (Å²) in [6.45, 7) is -0.819. The Labute approximate surface area is 181 Å². The van der Waals surface area contributed by atoms with Gasteiger partial charge in [-0.05, 0) is 48.0 Å². The number of hydrogen-bond donors (Lipinski definition) is 4. The van der Waals surface area contributed by atoms with Crippen molar-refractivity contribution < 1.29 is 33.0 Å². The van der Waals surface area contributed by atoms with Crippen LogP contribution in [0.2, 0.25) is 0 Å². The number of phenolic OH excluding ortho intramolecular Hbond substituents is 1. The molecule has 1 heterocycles. The van der Waals surface area contributed by atoms with Crippen molar-refractivity contribution in [3.63, 3.8) is 0 Å².